The van der Waals surface area contributed by atoms with Crippen molar-refractivity contribution in [2.45, 2.75) is 32.9 Å². The zero-order chi connectivity index (χ0) is 13.1. The van der Waals surface area contributed by atoms with Gasteiger partial charge in [0.25, 0.3) is 0 Å². The van der Waals surface area contributed by atoms with E-state index in [0.717, 1.165) is 26.2 Å². The average Bonchev–Trinajstić information content (AvgIpc) is 2.38. The molecule has 1 aromatic carbocycles. The van der Waals surface area contributed by atoms with Crippen molar-refractivity contribution in [3.8, 4) is 0 Å². The lowest BCUT2D eigenvalue weighted by molar-refractivity contribution is 0.199. The first-order valence-electron chi connectivity index (χ1n) is 6.97. The van der Waals surface area contributed by atoms with Crippen LogP contribution >= 0.6 is 0 Å². The molecule has 0 bridgehead atoms. The Hall–Kier alpha value is -1.06. The number of nitrogens with two attached hydrogens (primary N) is 1. The Labute approximate surface area is 111 Å². The monoisotopic (exact) mass is 247 g/mol. The highest BCUT2D eigenvalue weighted by atomic mass is 15.3. The summed E-state index contributed by atoms with van der Waals surface area (Å²) in [6, 6.07) is 9.25. The summed E-state index contributed by atoms with van der Waals surface area (Å²) >= 11 is 0. The molecule has 2 unspecified atom stereocenters. The van der Waals surface area contributed by atoms with E-state index in [9.17, 15) is 0 Å². The highest BCUT2D eigenvalue weighted by Gasteiger charge is 2.24. The van der Waals surface area contributed by atoms with Crippen LogP contribution in [0.3, 0.4) is 0 Å². The van der Waals surface area contributed by atoms with Gasteiger partial charge in [-0.1, -0.05) is 25.1 Å². The molecule has 0 aromatic heterocycles. The second-order valence-corrected chi connectivity index (χ2v) is 5.27. The molecule has 0 saturated carbocycles. The Kier molecular flexibility index (Phi) is 4.25. The molecule has 1 heterocycles. The minimum atomic E-state index is 0.0979. The van der Waals surface area contributed by atoms with E-state index >= 15 is 0 Å². The van der Waals surface area contributed by atoms with Gasteiger partial charge >= 0.3 is 0 Å². The summed E-state index contributed by atoms with van der Waals surface area (Å²) in [5.41, 5.74) is 8.65. The molecule has 1 saturated heterocycles. The third-order valence-electron chi connectivity index (χ3n) is 3.94. The second-order valence-electron chi connectivity index (χ2n) is 5.27. The highest BCUT2D eigenvalue weighted by molar-refractivity contribution is 5.55. The summed E-state index contributed by atoms with van der Waals surface area (Å²) in [7, 11) is 0. The summed E-state index contributed by atoms with van der Waals surface area (Å²) in [4.78, 5) is 5.01. The van der Waals surface area contributed by atoms with Crippen molar-refractivity contribution in [3.63, 3.8) is 0 Å². The van der Waals surface area contributed by atoms with Gasteiger partial charge in [0.15, 0.2) is 0 Å². The first-order chi connectivity index (χ1) is 8.63. The maximum absolute atomic E-state index is 6.07. The molecule has 1 aliphatic rings. The molecule has 0 amide bonds. The topological polar surface area (TPSA) is 32.5 Å². The fraction of sp³-hybridized carbons (Fsp3) is 0.600. The third-order valence-corrected chi connectivity index (χ3v) is 3.94. The van der Waals surface area contributed by atoms with Crippen molar-refractivity contribution in [1.82, 2.24) is 4.90 Å². The van der Waals surface area contributed by atoms with E-state index in [2.05, 4.69) is 54.8 Å². The molecular formula is C15H25N3. The fourth-order valence-electron chi connectivity index (χ4n) is 2.84. The lowest BCUT2D eigenvalue weighted by atomic mass is 10.0. The predicted molar refractivity (Wildman–Crippen MR) is 78.0 cm³/mol. The highest BCUT2D eigenvalue weighted by Crippen LogP contribution is 2.26. The van der Waals surface area contributed by atoms with Crippen LogP contribution in [0.15, 0.2) is 24.3 Å². The van der Waals surface area contributed by atoms with Gasteiger partial charge in [0.1, 0.15) is 0 Å². The quantitative estimate of drug-likeness (QED) is 0.889. The van der Waals surface area contributed by atoms with Gasteiger partial charge < -0.3 is 10.6 Å². The Morgan fingerprint density at radius 2 is 2.06 bits per heavy atom. The zero-order valence-electron chi connectivity index (χ0n) is 11.8. The molecule has 0 aliphatic carbocycles. The Balaban J connectivity index is 2.18. The molecule has 2 atom stereocenters. The van der Waals surface area contributed by atoms with Crippen molar-refractivity contribution in [2.75, 3.05) is 31.1 Å². The number of benzene rings is 1. The largest absolute Gasteiger partial charge is 0.368 e. The molecule has 3 nitrogen and oxygen atoms in total. The molecule has 18 heavy (non-hydrogen) atoms. The molecule has 2 rings (SSSR count). The van der Waals surface area contributed by atoms with E-state index in [0.29, 0.717) is 6.04 Å². The van der Waals surface area contributed by atoms with Gasteiger partial charge in [-0.2, -0.15) is 0 Å². The standard InChI is InChI=1S/C15H25N3/c1-4-17-9-10-18(11-12(17)2)15-8-6-5-7-14(15)13(3)16/h5-8,12-13H,4,9-11,16H2,1-3H3. The molecule has 100 valence electrons. The van der Waals surface area contributed by atoms with Gasteiger partial charge in [0.2, 0.25) is 0 Å². The number of rotatable bonds is 3. The van der Waals surface area contributed by atoms with E-state index < -0.39 is 0 Å². The predicted octanol–water partition coefficient (Wildman–Crippen LogP) is 2.24. The molecule has 3 heteroatoms. The Morgan fingerprint density at radius 3 is 2.67 bits per heavy atom. The van der Waals surface area contributed by atoms with Gasteiger partial charge in [-0.3, -0.25) is 4.90 Å². The van der Waals surface area contributed by atoms with E-state index in [1.807, 2.05) is 0 Å². The van der Waals surface area contributed by atoms with Crippen LogP contribution in [0.25, 0.3) is 0 Å². The molecule has 0 spiro atoms. The molecule has 1 fully saturated rings. The number of hydrogen-bond acceptors (Lipinski definition) is 3. The van der Waals surface area contributed by atoms with Crippen molar-refractivity contribution in [3.05, 3.63) is 29.8 Å². The average molecular weight is 247 g/mol. The van der Waals surface area contributed by atoms with Gasteiger partial charge in [0.05, 0.1) is 0 Å². The Morgan fingerprint density at radius 1 is 1.33 bits per heavy atom. The molecule has 1 aliphatic heterocycles. The third kappa shape index (κ3) is 2.68. The summed E-state index contributed by atoms with van der Waals surface area (Å²) in [5.74, 6) is 0. The van der Waals surface area contributed by atoms with Crippen LogP contribution in [0.4, 0.5) is 5.69 Å². The number of likely N-dealkylation sites (N-methyl/N-ethyl adjacent to an activating group) is 1. The maximum Gasteiger partial charge on any atom is 0.0415 e. The molecule has 2 N–H and O–H groups in total. The van der Waals surface area contributed by atoms with Gasteiger partial charge in [-0.15, -0.1) is 0 Å². The van der Waals surface area contributed by atoms with E-state index in [1.54, 1.807) is 0 Å². The molecular weight excluding hydrogens is 222 g/mol. The van der Waals surface area contributed by atoms with Crippen LogP contribution in [0.5, 0.6) is 0 Å². The van der Waals surface area contributed by atoms with E-state index in [4.69, 9.17) is 5.73 Å². The smallest absolute Gasteiger partial charge is 0.0415 e. The summed E-state index contributed by atoms with van der Waals surface area (Å²) in [6.07, 6.45) is 0. The number of piperazine rings is 1. The van der Waals surface area contributed by atoms with Crippen molar-refractivity contribution in [1.29, 1.82) is 0 Å². The van der Waals surface area contributed by atoms with Crippen LogP contribution in [0.1, 0.15) is 32.4 Å². The molecule has 1 aromatic rings. The summed E-state index contributed by atoms with van der Waals surface area (Å²) in [5, 5.41) is 0. The van der Waals surface area contributed by atoms with Crippen molar-refractivity contribution in [2.24, 2.45) is 5.73 Å². The van der Waals surface area contributed by atoms with Crippen LogP contribution in [0, 0.1) is 0 Å². The lowest BCUT2D eigenvalue weighted by Gasteiger charge is -2.41. The SMILES string of the molecule is CCN1CCN(c2ccccc2C(C)N)CC1C. The Bertz CT molecular complexity index is 389. The van der Waals surface area contributed by atoms with Crippen LogP contribution < -0.4 is 10.6 Å². The molecule has 0 radical (unpaired) electrons. The number of nitrogens with zero attached hydrogens (tertiary/aromatic N) is 2. The zero-order valence-corrected chi connectivity index (χ0v) is 11.8. The van der Waals surface area contributed by atoms with Gasteiger partial charge in [0, 0.05) is 37.4 Å². The summed E-state index contributed by atoms with van der Waals surface area (Å²) < 4.78 is 0. The summed E-state index contributed by atoms with van der Waals surface area (Å²) in [6.45, 7) is 11.1. The fourth-order valence-corrected chi connectivity index (χ4v) is 2.84. The van der Waals surface area contributed by atoms with Gasteiger partial charge in [-0.05, 0) is 32.0 Å². The number of anilines is 1. The minimum Gasteiger partial charge on any atom is -0.368 e. The second kappa shape index (κ2) is 5.72. The van der Waals surface area contributed by atoms with Crippen molar-refractivity contribution >= 4 is 5.69 Å². The first kappa shape index (κ1) is 13.4. The lowest BCUT2D eigenvalue weighted by Crippen LogP contribution is -2.52. The van der Waals surface area contributed by atoms with E-state index in [-0.39, 0.29) is 6.04 Å². The number of para-hydroxylation sites is 1. The van der Waals surface area contributed by atoms with Crippen LogP contribution in [0.2, 0.25) is 0 Å². The van der Waals surface area contributed by atoms with Crippen LogP contribution in [-0.4, -0.2) is 37.1 Å². The van der Waals surface area contributed by atoms with Gasteiger partial charge in [-0.25, -0.2) is 0 Å². The maximum atomic E-state index is 6.07. The number of hydrogen-bond donors (Lipinski definition) is 1. The van der Waals surface area contributed by atoms with Crippen LogP contribution in [-0.2, 0) is 0 Å². The minimum absolute atomic E-state index is 0.0979. The van der Waals surface area contributed by atoms with Crippen molar-refractivity contribution < 1.29 is 0 Å². The van der Waals surface area contributed by atoms with E-state index in [1.165, 1.54) is 11.3 Å². The first-order valence-corrected chi connectivity index (χ1v) is 6.97. The normalized spacial score (nSPS) is 23.1.